The van der Waals surface area contributed by atoms with Gasteiger partial charge in [-0.05, 0) is 43.7 Å². The van der Waals surface area contributed by atoms with Crippen LogP contribution in [0.15, 0.2) is 34.7 Å². The molecule has 92 valence electrons. The zero-order chi connectivity index (χ0) is 12.7. The fourth-order valence-corrected chi connectivity index (χ4v) is 2.14. The molecule has 4 heteroatoms. The van der Waals surface area contributed by atoms with Crippen molar-refractivity contribution in [1.29, 1.82) is 0 Å². The van der Waals surface area contributed by atoms with Gasteiger partial charge in [0.15, 0.2) is 0 Å². The lowest BCUT2D eigenvalue weighted by molar-refractivity contribution is 0.473. The Kier molecular flexibility index (Phi) is 2.37. The quantitative estimate of drug-likeness (QED) is 0.750. The fourth-order valence-electron chi connectivity index (χ4n) is 2.14. The van der Waals surface area contributed by atoms with E-state index in [1.54, 1.807) is 0 Å². The van der Waals surface area contributed by atoms with Crippen LogP contribution in [0.4, 0.5) is 5.95 Å². The third kappa shape index (κ3) is 1.76. The monoisotopic (exact) mass is 241 g/mol. The van der Waals surface area contributed by atoms with E-state index in [2.05, 4.69) is 18.0 Å². The van der Waals surface area contributed by atoms with E-state index in [0.29, 0.717) is 12.5 Å². The normalized spacial score (nSPS) is 11.2. The van der Waals surface area contributed by atoms with Gasteiger partial charge in [0.2, 0.25) is 5.95 Å². The van der Waals surface area contributed by atoms with Gasteiger partial charge in [0.05, 0.1) is 17.6 Å². The molecule has 3 rings (SSSR count). The molecule has 0 aliphatic rings. The Bertz CT molecular complexity index is 709. The number of aromatic nitrogens is 2. The lowest BCUT2D eigenvalue weighted by Crippen LogP contribution is -2.03. The third-order valence-electron chi connectivity index (χ3n) is 3.04. The van der Waals surface area contributed by atoms with Gasteiger partial charge in [-0.2, -0.15) is 0 Å². The summed E-state index contributed by atoms with van der Waals surface area (Å²) in [6.07, 6.45) is 0. The second-order valence-corrected chi connectivity index (χ2v) is 4.56. The molecule has 2 N–H and O–H groups in total. The maximum atomic E-state index is 5.97. The van der Waals surface area contributed by atoms with E-state index < -0.39 is 0 Å². The fraction of sp³-hybridized carbons (Fsp3) is 0.214. The van der Waals surface area contributed by atoms with Gasteiger partial charge < -0.3 is 14.7 Å². The molecule has 2 aromatic heterocycles. The summed E-state index contributed by atoms with van der Waals surface area (Å²) in [5.74, 6) is 2.31. The van der Waals surface area contributed by atoms with E-state index in [1.807, 2.05) is 35.8 Å². The molecular weight excluding hydrogens is 226 g/mol. The van der Waals surface area contributed by atoms with Crippen molar-refractivity contribution in [3.8, 4) is 0 Å². The zero-order valence-corrected chi connectivity index (χ0v) is 10.5. The Morgan fingerprint density at radius 2 is 2.06 bits per heavy atom. The van der Waals surface area contributed by atoms with Crippen molar-refractivity contribution in [1.82, 2.24) is 9.55 Å². The predicted molar refractivity (Wildman–Crippen MR) is 71.4 cm³/mol. The first kappa shape index (κ1) is 10.9. The van der Waals surface area contributed by atoms with Crippen LogP contribution in [0.5, 0.6) is 0 Å². The van der Waals surface area contributed by atoms with Gasteiger partial charge in [-0.3, -0.25) is 0 Å². The Hall–Kier alpha value is -2.23. The van der Waals surface area contributed by atoms with Gasteiger partial charge >= 0.3 is 0 Å². The number of hydrogen-bond acceptors (Lipinski definition) is 3. The van der Waals surface area contributed by atoms with E-state index in [1.165, 1.54) is 5.56 Å². The minimum Gasteiger partial charge on any atom is -0.464 e. The number of imidazole rings is 1. The number of benzene rings is 1. The Morgan fingerprint density at radius 1 is 1.22 bits per heavy atom. The SMILES string of the molecule is Cc1ccc2nc(N)n(Cc3ccc(C)o3)c2c1. The molecule has 0 amide bonds. The summed E-state index contributed by atoms with van der Waals surface area (Å²) >= 11 is 0. The average Bonchev–Trinajstić information content (AvgIpc) is 2.86. The summed E-state index contributed by atoms with van der Waals surface area (Å²) in [5, 5.41) is 0. The van der Waals surface area contributed by atoms with Crippen molar-refractivity contribution in [2.45, 2.75) is 20.4 Å². The summed E-state index contributed by atoms with van der Waals surface area (Å²) < 4.78 is 7.56. The van der Waals surface area contributed by atoms with E-state index in [9.17, 15) is 0 Å². The number of aryl methyl sites for hydroxylation is 2. The summed E-state index contributed by atoms with van der Waals surface area (Å²) in [6, 6.07) is 10.0. The van der Waals surface area contributed by atoms with Crippen LogP contribution >= 0.6 is 0 Å². The van der Waals surface area contributed by atoms with Gasteiger partial charge in [-0.25, -0.2) is 4.98 Å². The summed E-state index contributed by atoms with van der Waals surface area (Å²) in [6.45, 7) is 4.60. The molecule has 0 fully saturated rings. The number of nitrogens with zero attached hydrogens (tertiary/aromatic N) is 2. The molecule has 0 bridgehead atoms. The molecule has 2 heterocycles. The lowest BCUT2D eigenvalue weighted by atomic mass is 10.2. The Labute approximate surface area is 105 Å². The smallest absolute Gasteiger partial charge is 0.201 e. The number of nitrogen functional groups attached to an aromatic ring is 1. The standard InChI is InChI=1S/C14H15N3O/c1-9-3-6-12-13(7-9)17(14(15)16-12)8-11-5-4-10(2)18-11/h3-7H,8H2,1-2H3,(H2,15,16). The van der Waals surface area contributed by atoms with Crippen molar-refractivity contribution >= 4 is 17.0 Å². The highest BCUT2D eigenvalue weighted by Crippen LogP contribution is 2.21. The molecule has 0 saturated heterocycles. The predicted octanol–water partition coefficient (Wildman–Crippen LogP) is 2.88. The number of nitrogens with two attached hydrogens (primary N) is 1. The summed E-state index contributed by atoms with van der Waals surface area (Å²) in [5.41, 5.74) is 9.12. The highest BCUT2D eigenvalue weighted by atomic mass is 16.3. The number of hydrogen-bond donors (Lipinski definition) is 1. The van der Waals surface area contributed by atoms with Crippen LogP contribution in [-0.2, 0) is 6.54 Å². The van der Waals surface area contributed by atoms with Crippen LogP contribution in [0, 0.1) is 13.8 Å². The minimum absolute atomic E-state index is 0.518. The van der Waals surface area contributed by atoms with E-state index in [-0.39, 0.29) is 0 Å². The van der Waals surface area contributed by atoms with Crippen LogP contribution in [0.25, 0.3) is 11.0 Å². The van der Waals surface area contributed by atoms with Gasteiger partial charge in [-0.15, -0.1) is 0 Å². The van der Waals surface area contributed by atoms with Gasteiger partial charge in [0.25, 0.3) is 0 Å². The maximum absolute atomic E-state index is 5.97. The molecule has 0 radical (unpaired) electrons. The number of furan rings is 1. The van der Waals surface area contributed by atoms with Gasteiger partial charge in [0, 0.05) is 0 Å². The molecule has 0 aliphatic heterocycles. The second-order valence-electron chi connectivity index (χ2n) is 4.56. The molecular formula is C14H15N3O. The summed E-state index contributed by atoms with van der Waals surface area (Å²) in [7, 11) is 0. The first-order chi connectivity index (χ1) is 8.63. The van der Waals surface area contributed by atoms with Gasteiger partial charge in [0.1, 0.15) is 11.5 Å². The van der Waals surface area contributed by atoms with E-state index in [4.69, 9.17) is 10.2 Å². The highest BCUT2D eigenvalue weighted by molar-refractivity contribution is 5.79. The van der Waals surface area contributed by atoms with Crippen molar-refractivity contribution in [3.05, 3.63) is 47.4 Å². The number of rotatable bonds is 2. The van der Waals surface area contributed by atoms with E-state index >= 15 is 0 Å². The average molecular weight is 241 g/mol. The van der Waals surface area contributed by atoms with Crippen LogP contribution in [-0.4, -0.2) is 9.55 Å². The van der Waals surface area contributed by atoms with Crippen LogP contribution in [0.2, 0.25) is 0 Å². The van der Waals surface area contributed by atoms with Crippen molar-refractivity contribution in [2.75, 3.05) is 5.73 Å². The van der Waals surface area contributed by atoms with Crippen molar-refractivity contribution in [3.63, 3.8) is 0 Å². The maximum Gasteiger partial charge on any atom is 0.201 e. The van der Waals surface area contributed by atoms with E-state index in [0.717, 1.165) is 22.6 Å². The van der Waals surface area contributed by atoms with Crippen LogP contribution < -0.4 is 5.73 Å². The first-order valence-corrected chi connectivity index (χ1v) is 5.91. The molecule has 0 saturated carbocycles. The van der Waals surface area contributed by atoms with Crippen LogP contribution in [0.1, 0.15) is 17.1 Å². The zero-order valence-electron chi connectivity index (χ0n) is 10.5. The minimum atomic E-state index is 0.518. The second kappa shape index (κ2) is 3.91. The highest BCUT2D eigenvalue weighted by Gasteiger charge is 2.10. The molecule has 0 unspecified atom stereocenters. The Morgan fingerprint density at radius 3 is 2.78 bits per heavy atom. The Balaban J connectivity index is 2.10. The largest absolute Gasteiger partial charge is 0.464 e. The molecule has 18 heavy (non-hydrogen) atoms. The molecule has 0 aliphatic carbocycles. The number of fused-ring (bicyclic) bond motifs is 1. The number of anilines is 1. The molecule has 0 atom stereocenters. The summed E-state index contributed by atoms with van der Waals surface area (Å²) in [4.78, 5) is 4.36. The molecule has 4 nitrogen and oxygen atoms in total. The molecule has 1 aromatic carbocycles. The first-order valence-electron chi connectivity index (χ1n) is 5.91. The lowest BCUT2D eigenvalue weighted by Gasteiger charge is -2.04. The van der Waals surface area contributed by atoms with Crippen LogP contribution in [0.3, 0.4) is 0 Å². The van der Waals surface area contributed by atoms with Crippen molar-refractivity contribution in [2.24, 2.45) is 0 Å². The topological polar surface area (TPSA) is 57.0 Å². The molecule has 3 aromatic rings. The third-order valence-corrected chi connectivity index (χ3v) is 3.04. The van der Waals surface area contributed by atoms with Crippen molar-refractivity contribution < 1.29 is 4.42 Å². The van der Waals surface area contributed by atoms with Gasteiger partial charge in [-0.1, -0.05) is 6.07 Å². The molecule has 0 spiro atoms.